The van der Waals surface area contributed by atoms with Crippen molar-refractivity contribution < 1.29 is 0 Å². The Bertz CT molecular complexity index is 422. The third-order valence-electron chi connectivity index (χ3n) is 3.92. The maximum absolute atomic E-state index is 5.83. The largest absolute Gasteiger partial charge is 0.383 e. The van der Waals surface area contributed by atoms with Crippen molar-refractivity contribution in [3.63, 3.8) is 0 Å². The lowest BCUT2D eigenvalue weighted by molar-refractivity contribution is 0.253. The van der Waals surface area contributed by atoms with Crippen LogP contribution in [0.4, 0.5) is 11.6 Å². The first-order chi connectivity index (χ1) is 9.10. The van der Waals surface area contributed by atoms with Crippen LogP contribution in [0.3, 0.4) is 0 Å². The van der Waals surface area contributed by atoms with Crippen LogP contribution in [0, 0.1) is 11.8 Å². The molecule has 0 bridgehead atoms. The molecule has 2 atom stereocenters. The molecular formula is C14H24N4S. The Morgan fingerprint density at radius 2 is 2.05 bits per heavy atom. The minimum Gasteiger partial charge on any atom is -0.383 e. The number of hydrogen-bond acceptors (Lipinski definition) is 5. The van der Waals surface area contributed by atoms with Crippen LogP contribution in [0.2, 0.25) is 0 Å². The van der Waals surface area contributed by atoms with Crippen LogP contribution in [-0.2, 0) is 0 Å². The smallest absolute Gasteiger partial charge is 0.191 e. The molecule has 3 N–H and O–H groups in total. The van der Waals surface area contributed by atoms with Crippen LogP contribution in [0.15, 0.2) is 11.2 Å². The molecular weight excluding hydrogens is 256 g/mol. The maximum atomic E-state index is 5.83. The minimum atomic E-state index is 0.512. The number of nitrogen functional groups attached to an aromatic ring is 1. The highest BCUT2D eigenvalue weighted by Gasteiger charge is 2.27. The zero-order valence-electron chi connectivity index (χ0n) is 12.0. The summed E-state index contributed by atoms with van der Waals surface area (Å²) in [6.45, 7) is 4.62. The summed E-state index contributed by atoms with van der Waals surface area (Å²) in [5.41, 5.74) is 5.83. The van der Waals surface area contributed by atoms with Crippen molar-refractivity contribution in [2.24, 2.45) is 11.8 Å². The topological polar surface area (TPSA) is 63.8 Å². The van der Waals surface area contributed by atoms with Crippen LogP contribution in [0.25, 0.3) is 0 Å². The molecule has 0 aromatic carbocycles. The summed E-state index contributed by atoms with van der Waals surface area (Å²) in [5, 5.41) is 4.32. The zero-order valence-corrected chi connectivity index (χ0v) is 12.8. The van der Waals surface area contributed by atoms with Gasteiger partial charge in [0.05, 0.1) is 0 Å². The van der Waals surface area contributed by atoms with E-state index in [1.165, 1.54) is 37.4 Å². The normalized spacial score (nSPS) is 23.6. The second kappa shape index (κ2) is 6.46. The first kappa shape index (κ1) is 14.4. The monoisotopic (exact) mass is 280 g/mol. The molecule has 5 heteroatoms. The van der Waals surface area contributed by atoms with Gasteiger partial charge in [-0.2, -0.15) is 0 Å². The summed E-state index contributed by atoms with van der Waals surface area (Å²) < 4.78 is 0. The van der Waals surface area contributed by atoms with Crippen molar-refractivity contribution in [2.45, 2.75) is 50.7 Å². The van der Waals surface area contributed by atoms with E-state index in [0.29, 0.717) is 17.8 Å². The fraction of sp³-hybridized carbons (Fsp3) is 0.714. The molecule has 0 saturated heterocycles. The van der Waals surface area contributed by atoms with E-state index in [-0.39, 0.29) is 0 Å². The van der Waals surface area contributed by atoms with Gasteiger partial charge in [0.25, 0.3) is 0 Å². The summed E-state index contributed by atoms with van der Waals surface area (Å²) in [6.07, 6.45) is 7.16. The van der Waals surface area contributed by atoms with Crippen LogP contribution in [0.1, 0.15) is 39.5 Å². The number of nitrogens with two attached hydrogens (primary N) is 1. The Hall–Kier alpha value is -0.970. The van der Waals surface area contributed by atoms with Gasteiger partial charge in [-0.1, -0.05) is 38.5 Å². The fourth-order valence-corrected chi connectivity index (χ4v) is 3.32. The number of thioether (sulfide) groups is 1. The average Bonchev–Trinajstić information content (AvgIpc) is 2.38. The molecule has 19 heavy (non-hydrogen) atoms. The van der Waals surface area contributed by atoms with Crippen LogP contribution < -0.4 is 11.1 Å². The Morgan fingerprint density at radius 1 is 1.32 bits per heavy atom. The Kier molecular flexibility index (Phi) is 4.91. The molecule has 1 aliphatic rings. The first-order valence-corrected chi connectivity index (χ1v) is 8.27. The third kappa shape index (κ3) is 3.75. The highest BCUT2D eigenvalue weighted by atomic mass is 32.2. The Morgan fingerprint density at radius 3 is 2.74 bits per heavy atom. The number of nitrogens with zero attached hydrogens (tertiary/aromatic N) is 2. The zero-order chi connectivity index (χ0) is 13.8. The standard InChI is InChI=1S/C14H24N4S/c1-9(2)10-6-4-5-7-11(10)16-13-8-12(15)17-14(18-13)19-3/h8-11H,4-7H2,1-3H3,(H3,15,16,17,18). The number of hydrogen-bond donors (Lipinski definition) is 2. The lowest BCUT2D eigenvalue weighted by Gasteiger charge is -2.35. The number of nitrogens with one attached hydrogen (secondary N) is 1. The van der Waals surface area contributed by atoms with E-state index >= 15 is 0 Å². The van der Waals surface area contributed by atoms with Crippen LogP contribution >= 0.6 is 11.8 Å². The van der Waals surface area contributed by atoms with Gasteiger partial charge < -0.3 is 11.1 Å². The second-order valence-corrected chi connectivity index (χ2v) is 6.38. The molecule has 0 radical (unpaired) electrons. The highest BCUT2D eigenvalue weighted by Crippen LogP contribution is 2.32. The van der Waals surface area contributed by atoms with Crippen molar-refractivity contribution >= 4 is 23.4 Å². The predicted octanol–water partition coefficient (Wildman–Crippen LogP) is 3.41. The van der Waals surface area contributed by atoms with E-state index in [2.05, 4.69) is 29.1 Å². The first-order valence-electron chi connectivity index (χ1n) is 7.05. The van der Waals surface area contributed by atoms with Gasteiger partial charge in [0.15, 0.2) is 5.16 Å². The van der Waals surface area contributed by atoms with Gasteiger partial charge in [0, 0.05) is 12.1 Å². The molecule has 2 rings (SSSR count). The van der Waals surface area contributed by atoms with E-state index in [4.69, 9.17) is 5.73 Å². The van der Waals surface area contributed by atoms with E-state index in [9.17, 15) is 0 Å². The number of aromatic nitrogens is 2. The van der Waals surface area contributed by atoms with Gasteiger partial charge in [-0.3, -0.25) is 0 Å². The summed E-state index contributed by atoms with van der Waals surface area (Å²) in [5.74, 6) is 2.84. The van der Waals surface area contributed by atoms with E-state index < -0.39 is 0 Å². The average molecular weight is 280 g/mol. The fourth-order valence-electron chi connectivity index (χ4n) is 2.93. The molecule has 1 aromatic heterocycles. The molecule has 0 amide bonds. The molecule has 2 unspecified atom stereocenters. The maximum Gasteiger partial charge on any atom is 0.191 e. The highest BCUT2D eigenvalue weighted by molar-refractivity contribution is 7.98. The molecule has 1 aliphatic carbocycles. The lowest BCUT2D eigenvalue weighted by atomic mass is 9.78. The quantitative estimate of drug-likeness (QED) is 0.653. The number of rotatable bonds is 4. The molecule has 4 nitrogen and oxygen atoms in total. The van der Waals surface area contributed by atoms with Crippen molar-refractivity contribution in [2.75, 3.05) is 17.3 Å². The minimum absolute atomic E-state index is 0.512. The van der Waals surface area contributed by atoms with E-state index in [1.807, 2.05) is 12.3 Å². The Labute approximate surface area is 120 Å². The van der Waals surface area contributed by atoms with E-state index in [1.54, 1.807) is 0 Å². The molecule has 1 fully saturated rings. The van der Waals surface area contributed by atoms with Crippen molar-refractivity contribution in [3.8, 4) is 0 Å². The van der Waals surface area contributed by atoms with E-state index in [0.717, 1.165) is 16.9 Å². The van der Waals surface area contributed by atoms with Crippen molar-refractivity contribution in [1.29, 1.82) is 0 Å². The lowest BCUT2D eigenvalue weighted by Crippen LogP contribution is -2.35. The van der Waals surface area contributed by atoms with Gasteiger partial charge in [0.1, 0.15) is 11.6 Å². The van der Waals surface area contributed by atoms with Crippen LogP contribution in [-0.4, -0.2) is 22.3 Å². The molecule has 1 saturated carbocycles. The molecule has 1 heterocycles. The van der Waals surface area contributed by atoms with Gasteiger partial charge in [-0.15, -0.1) is 0 Å². The summed E-state index contributed by atoms with van der Waals surface area (Å²) in [7, 11) is 0. The van der Waals surface area contributed by atoms with Gasteiger partial charge >= 0.3 is 0 Å². The summed E-state index contributed by atoms with van der Waals surface area (Å²) in [4.78, 5) is 8.69. The second-order valence-electron chi connectivity index (χ2n) is 5.61. The SMILES string of the molecule is CSc1nc(N)cc(NC2CCCCC2C(C)C)n1. The van der Waals surface area contributed by atoms with Crippen LogP contribution in [0.5, 0.6) is 0 Å². The third-order valence-corrected chi connectivity index (χ3v) is 4.46. The molecule has 106 valence electrons. The van der Waals surface area contributed by atoms with Crippen molar-refractivity contribution in [3.05, 3.63) is 6.07 Å². The van der Waals surface area contributed by atoms with Crippen molar-refractivity contribution in [1.82, 2.24) is 9.97 Å². The summed E-state index contributed by atoms with van der Waals surface area (Å²) >= 11 is 1.52. The molecule has 1 aromatic rings. The molecule has 0 aliphatic heterocycles. The van der Waals surface area contributed by atoms with Gasteiger partial charge in [-0.25, -0.2) is 9.97 Å². The Balaban J connectivity index is 2.12. The van der Waals surface area contributed by atoms with Gasteiger partial charge in [0.2, 0.25) is 0 Å². The predicted molar refractivity (Wildman–Crippen MR) is 82.4 cm³/mol. The molecule has 0 spiro atoms. The van der Waals surface area contributed by atoms with Gasteiger partial charge in [-0.05, 0) is 30.9 Å². The summed E-state index contributed by atoms with van der Waals surface area (Å²) in [6, 6.07) is 2.35. The number of anilines is 2.